The maximum atomic E-state index is 12.4. The number of halogens is 4. The first kappa shape index (κ1) is 13.5. The van der Waals surface area contributed by atoms with E-state index in [1.165, 1.54) is 0 Å². The lowest BCUT2D eigenvalue weighted by atomic mass is 9.86. The van der Waals surface area contributed by atoms with Crippen molar-refractivity contribution in [2.24, 2.45) is 0 Å². The van der Waals surface area contributed by atoms with Gasteiger partial charge in [-0.15, -0.1) is 0 Å². The second kappa shape index (κ2) is 5.21. The van der Waals surface area contributed by atoms with Crippen molar-refractivity contribution in [3.63, 3.8) is 0 Å². The van der Waals surface area contributed by atoms with E-state index >= 15 is 0 Å². The van der Waals surface area contributed by atoms with Crippen molar-refractivity contribution in [2.75, 3.05) is 4.43 Å². The predicted molar refractivity (Wildman–Crippen MR) is 61.3 cm³/mol. The molecule has 0 aromatic heterocycles. The van der Waals surface area contributed by atoms with Crippen LogP contribution in [0.25, 0.3) is 0 Å². The summed E-state index contributed by atoms with van der Waals surface area (Å²) in [6, 6.07) is 0. The number of alkyl halides is 4. The zero-order valence-corrected chi connectivity index (χ0v) is 10.9. The highest BCUT2D eigenvalue weighted by atomic mass is 127. The molecule has 0 saturated heterocycles. The van der Waals surface area contributed by atoms with Crippen LogP contribution in [0.5, 0.6) is 0 Å². The summed E-state index contributed by atoms with van der Waals surface area (Å²) in [6.45, 7) is 1.10. The second-order valence-corrected chi connectivity index (χ2v) is 4.94. The van der Waals surface area contributed by atoms with E-state index in [1.54, 1.807) is 0 Å². The molecule has 1 fully saturated rings. The molecule has 15 heavy (non-hydrogen) atoms. The molecule has 1 saturated carbocycles. The van der Waals surface area contributed by atoms with Gasteiger partial charge in [0.05, 0.1) is 5.60 Å². The maximum absolute atomic E-state index is 12.4. The van der Waals surface area contributed by atoms with Gasteiger partial charge in [0, 0.05) is 4.43 Å². The van der Waals surface area contributed by atoms with Crippen molar-refractivity contribution in [1.29, 1.82) is 0 Å². The van der Waals surface area contributed by atoms with Crippen LogP contribution in [0.2, 0.25) is 0 Å². The van der Waals surface area contributed by atoms with E-state index in [9.17, 15) is 13.2 Å². The molecule has 0 aliphatic heterocycles. The highest BCUT2D eigenvalue weighted by molar-refractivity contribution is 14.1. The van der Waals surface area contributed by atoms with E-state index in [0.717, 1.165) is 39.0 Å². The number of hydrogen-bond donors (Lipinski definition) is 0. The zero-order chi connectivity index (χ0) is 11.5. The average molecular weight is 336 g/mol. The number of hydrogen-bond acceptors (Lipinski definition) is 1. The Morgan fingerprint density at radius 1 is 1.27 bits per heavy atom. The lowest BCUT2D eigenvalue weighted by Crippen LogP contribution is -2.44. The molecule has 0 spiro atoms. The van der Waals surface area contributed by atoms with Gasteiger partial charge in [0.2, 0.25) is 0 Å². The van der Waals surface area contributed by atoms with E-state index in [4.69, 9.17) is 4.74 Å². The number of ether oxygens (including phenoxy) is 1. The first-order chi connectivity index (χ1) is 6.90. The zero-order valence-electron chi connectivity index (χ0n) is 8.74. The van der Waals surface area contributed by atoms with Crippen LogP contribution in [0.1, 0.15) is 39.0 Å². The molecule has 1 aliphatic rings. The van der Waals surface area contributed by atoms with Gasteiger partial charge in [0.25, 0.3) is 0 Å². The quantitative estimate of drug-likeness (QED) is 0.557. The Labute approximate surface area is 102 Å². The second-order valence-electron chi connectivity index (χ2n) is 4.18. The van der Waals surface area contributed by atoms with Gasteiger partial charge in [0.1, 0.15) is 0 Å². The van der Waals surface area contributed by atoms with Crippen LogP contribution < -0.4 is 0 Å². The highest BCUT2D eigenvalue weighted by Gasteiger charge is 2.43. The predicted octanol–water partition coefficient (Wildman–Crippen LogP) is 4.09. The van der Waals surface area contributed by atoms with Gasteiger partial charge in [-0.1, -0.05) is 41.9 Å². The van der Waals surface area contributed by atoms with Crippen LogP contribution in [0.4, 0.5) is 13.2 Å². The molecule has 1 atom stereocenters. The summed E-state index contributed by atoms with van der Waals surface area (Å²) in [5.41, 5.74) is -0.534. The van der Waals surface area contributed by atoms with Gasteiger partial charge >= 0.3 is 6.18 Å². The van der Waals surface area contributed by atoms with Crippen molar-refractivity contribution in [3.8, 4) is 0 Å². The van der Waals surface area contributed by atoms with Crippen LogP contribution >= 0.6 is 22.6 Å². The fourth-order valence-electron chi connectivity index (χ4n) is 1.92. The van der Waals surface area contributed by atoms with Gasteiger partial charge < -0.3 is 4.74 Å². The highest BCUT2D eigenvalue weighted by Crippen LogP contribution is 2.37. The molecule has 0 amide bonds. The molecule has 1 rings (SSSR count). The monoisotopic (exact) mass is 336 g/mol. The van der Waals surface area contributed by atoms with Gasteiger partial charge in [-0.25, -0.2) is 0 Å². The van der Waals surface area contributed by atoms with Crippen LogP contribution in [0, 0.1) is 0 Å². The fraction of sp³-hybridized carbons (Fsp3) is 1.00. The van der Waals surface area contributed by atoms with Crippen molar-refractivity contribution in [1.82, 2.24) is 0 Å². The van der Waals surface area contributed by atoms with E-state index in [-0.39, 0.29) is 0 Å². The third kappa shape index (κ3) is 3.76. The van der Waals surface area contributed by atoms with Gasteiger partial charge in [-0.3, -0.25) is 0 Å². The SMILES string of the molecule is CC(OC1(CI)CCCCC1)C(F)(F)F. The van der Waals surface area contributed by atoms with Crippen molar-refractivity contribution in [3.05, 3.63) is 0 Å². The lowest BCUT2D eigenvalue weighted by Gasteiger charge is -2.38. The van der Waals surface area contributed by atoms with Crippen LogP contribution in [0.15, 0.2) is 0 Å². The standard InChI is InChI=1S/C10H16F3IO/c1-8(10(11,12)13)15-9(7-14)5-3-2-4-6-9/h8H,2-7H2,1H3. The molecular formula is C10H16F3IO. The average Bonchev–Trinajstić information content (AvgIpc) is 2.18. The van der Waals surface area contributed by atoms with Gasteiger partial charge in [-0.2, -0.15) is 13.2 Å². The molecule has 0 radical (unpaired) electrons. The first-order valence-electron chi connectivity index (χ1n) is 5.20. The molecule has 0 bridgehead atoms. The topological polar surface area (TPSA) is 9.23 Å². The Morgan fingerprint density at radius 3 is 2.20 bits per heavy atom. The van der Waals surface area contributed by atoms with E-state index < -0.39 is 17.9 Å². The Kier molecular flexibility index (Phi) is 4.70. The molecule has 1 nitrogen and oxygen atoms in total. The summed E-state index contributed by atoms with van der Waals surface area (Å²) in [5.74, 6) is 0. The largest absolute Gasteiger partial charge is 0.414 e. The number of rotatable bonds is 3. The Morgan fingerprint density at radius 2 is 1.80 bits per heavy atom. The summed E-state index contributed by atoms with van der Waals surface area (Å²) in [4.78, 5) is 0. The van der Waals surface area contributed by atoms with Gasteiger partial charge in [-0.05, 0) is 19.8 Å². The Balaban J connectivity index is 2.59. The summed E-state index contributed by atoms with van der Waals surface area (Å²) < 4.78 is 43.1. The summed E-state index contributed by atoms with van der Waals surface area (Å²) in [5, 5.41) is 0. The maximum Gasteiger partial charge on any atom is 0.414 e. The molecule has 0 N–H and O–H groups in total. The van der Waals surface area contributed by atoms with Crippen molar-refractivity contribution >= 4 is 22.6 Å². The smallest absolute Gasteiger partial charge is 0.362 e. The van der Waals surface area contributed by atoms with E-state index in [0.29, 0.717) is 4.43 Å². The molecule has 0 heterocycles. The third-order valence-corrected chi connectivity index (χ3v) is 4.29. The van der Waals surface area contributed by atoms with Crippen LogP contribution in [0.3, 0.4) is 0 Å². The minimum atomic E-state index is -4.24. The van der Waals surface area contributed by atoms with Crippen molar-refractivity contribution in [2.45, 2.75) is 56.9 Å². The molecule has 1 aliphatic carbocycles. The summed E-state index contributed by atoms with van der Waals surface area (Å²) >= 11 is 2.13. The molecule has 5 heteroatoms. The molecule has 1 unspecified atom stereocenters. The molecule has 0 aromatic rings. The minimum Gasteiger partial charge on any atom is -0.362 e. The van der Waals surface area contributed by atoms with Gasteiger partial charge in [0.15, 0.2) is 6.10 Å². The summed E-state index contributed by atoms with van der Waals surface area (Å²) in [6.07, 6.45) is -1.29. The van der Waals surface area contributed by atoms with E-state index in [1.807, 2.05) is 0 Å². The lowest BCUT2D eigenvalue weighted by molar-refractivity contribution is -0.247. The normalized spacial score (nSPS) is 23.8. The molecule has 0 aromatic carbocycles. The minimum absolute atomic E-state index is 0.534. The fourth-order valence-corrected chi connectivity index (χ4v) is 2.86. The Hall–Kier alpha value is 0.480. The first-order valence-corrected chi connectivity index (χ1v) is 6.73. The van der Waals surface area contributed by atoms with Crippen LogP contribution in [-0.2, 0) is 4.74 Å². The van der Waals surface area contributed by atoms with E-state index in [2.05, 4.69) is 22.6 Å². The Bertz CT molecular complexity index is 199. The molecular weight excluding hydrogens is 320 g/mol. The van der Waals surface area contributed by atoms with Crippen molar-refractivity contribution < 1.29 is 17.9 Å². The van der Waals surface area contributed by atoms with Crippen LogP contribution in [-0.4, -0.2) is 22.3 Å². The third-order valence-electron chi connectivity index (χ3n) is 2.90. The molecule has 90 valence electrons. The summed E-state index contributed by atoms with van der Waals surface area (Å²) in [7, 11) is 0.